The number of alkyl halides is 2. The number of fused-ring (bicyclic) bond motifs is 1. The second-order valence-electron chi connectivity index (χ2n) is 5.91. The summed E-state index contributed by atoms with van der Waals surface area (Å²) in [4.78, 5) is 27.3. The van der Waals surface area contributed by atoms with Crippen LogP contribution in [-0.4, -0.2) is 35.8 Å². The van der Waals surface area contributed by atoms with Crippen LogP contribution in [0.3, 0.4) is 0 Å². The maximum absolute atomic E-state index is 12.6. The molecule has 3 rings (SSSR count). The minimum absolute atomic E-state index is 0.0133. The third-order valence-electron chi connectivity index (χ3n) is 4.05. The molecule has 0 fully saturated rings. The number of H-pyrrole nitrogens is 1. The van der Waals surface area contributed by atoms with Crippen molar-refractivity contribution in [2.45, 2.75) is 17.1 Å². The van der Waals surface area contributed by atoms with Gasteiger partial charge >= 0.3 is 5.97 Å². The molecule has 0 saturated carbocycles. The molecule has 1 aromatic heterocycles. The standard InChI is InChI=1S/C20H18F2N2O3S/c21-20(22)28-17-8-4-2-6-15(17)19(26)27-12-18(25)23-10-9-13-11-24-16-7-3-1-5-14(13)16/h1-8,11,20,24H,9-10,12H2,(H,23,25). The first-order valence-corrected chi connectivity index (χ1v) is 9.45. The van der Waals surface area contributed by atoms with Gasteiger partial charge in [0.15, 0.2) is 6.61 Å². The zero-order valence-electron chi connectivity index (χ0n) is 14.8. The van der Waals surface area contributed by atoms with Gasteiger partial charge in [-0.1, -0.05) is 42.1 Å². The van der Waals surface area contributed by atoms with Crippen LogP contribution in [0, 0.1) is 0 Å². The van der Waals surface area contributed by atoms with Crippen LogP contribution in [0.25, 0.3) is 10.9 Å². The Morgan fingerprint density at radius 2 is 1.86 bits per heavy atom. The molecule has 0 aliphatic rings. The Morgan fingerprint density at radius 1 is 1.11 bits per heavy atom. The number of rotatable bonds is 8. The molecule has 0 saturated heterocycles. The normalized spacial score (nSPS) is 11.0. The molecule has 0 aliphatic carbocycles. The Hall–Kier alpha value is -2.87. The van der Waals surface area contributed by atoms with Crippen LogP contribution in [-0.2, 0) is 16.0 Å². The van der Waals surface area contributed by atoms with Crippen molar-refractivity contribution in [3.05, 3.63) is 65.9 Å². The van der Waals surface area contributed by atoms with E-state index < -0.39 is 24.2 Å². The summed E-state index contributed by atoms with van der Waals surface area (Å²) in [5.41, 5.74) is 2.11. The number of nitrogens with one attached hydrogen (secondary N) is 2. The molecule has 1 amide bonds. The number of aromatic nitrogens is 1. The number of para-hydroxylation sites is 1. The predicted octanol–water partition coefficient (Wildman–Crippen LogP) is 4.00. The topological polar surface area (TPSA) is 71.2 Å². The van der Waals surface area contributed by atoms with Crippen molar-refractivity contribution < 1.29 is 23.1 Å². The molecule has 0 radical (unpaired) electrons. The molecule has 8 heteroatoms. The number of hydrogen-bond acceptors (Lipinski definition) is 4. The number of carbonyl (C=O) groups excluding carboxylic acids is 2. The molecule has 1 heterocycles. The number of aromatic amines is 1. The van der Waals surface area contributed by atoms with Crippen LogP contribution in [0.1, 0.15) is 15.9 Å². The van der Waals surface area contributed by atoms with Gasteiger partial charge in [-0.05, 0) is 30.2 Å². The highest BCUT2D eigenvalue weighted by molar-refractivity contribution is 7.99. The molecule has 2 aromatic carbocycles. The van der Waals surface area contributed by atoms with Gasteiger partial charge < -0.3 is 15.0 Å². The van der Waals surface area contributed by atoms with Gasteiger partial charge in [-0.3, -0.25) is 4.79 Å². The smallest absolute Gasteiger partial charge is 0.339 e. The van der Waals surface area contributed by atoms with Crippen LogP contribution in [0.15, 0.2) is 59.6 Å². The predicted molar refractivity (Wildman–Crippen MR) is 104 cm³/mol. The lowest BCUT2D eigenvalue weighted by Gasteiger charge is -2.09. The largest absolute Gasteiger partial charge is 0.452 e. The summed E-state index contributed by atoms with van der Waals surface area (Å²) in [5, 5.41) is 3.78. The minimum Gasteiger partial charge on any atom is -0.452 e. The van der Waals surface area contributed by atoms with E-state index in [4.69, 9.17) is 4.74 Å². The summed E-state index contributed by atoms with van der Waals surface area (Å²) in [7, 11) is 0. The average molecular weight is 404 g/mol. The Kier molecular flexibility index (Phi) is 6.65. The third-order valence-corrected chi connectivity index (χ3v) is 4.84. The Labute approximate surface area is 164 Å². The highest BCUT2D eigenvalue weighted by Crippen LogP contribution is 2.28. The Bertz CT molecular complexity index is 975. The molecule has 28 heavy (non-hydrogen) atoms. The lowest BCUT2D eigenvalue weighted by atomic mass is 10.1. The van der Waals surface area contributed by atoms with E-state index in [0.29, 0.717) is 13.0 Å². The molecule has 146 valence electrons. The fraction of sp³-hybridized carbons (Fsp3) is 0.200. The highest BCUT2D eigenvalue weighted by Gasteiger charge is 2.17. The zero-order valence-corrected chi connectivity index (χ0v) is 15.6. The molecule has 0 unspecified atom stereocenters. The van der Waals surface area contributed by atoms with Crippen molar-refractivity contribution in [2.24, 2.45) is 0 Å². The number of esters is 1. The van der Waals surface area contributed by atoms with Gasteiger partial charge in [-0.25, -0.2) is 4.79 Å². The molecule has 5 nitrogen and oxygen atoms in total. The number of halogens is 2. The number of thioether (sulfide) groups is 1. The number of carbonyl (C=O) groups is 2. The maximum atomic E-state index is 12.6. The van der Waals surface area contributed by atoms with E-state index in [1.807, 2.05) is 30.5 Å². The second kappa shape index (κ2) is 9.36. The molecular weight excluding hydrogens is 386 g/mol. The third kappa shape index (κ3) is 5.10. The Morgan fingerprint density at radius 3 is 2.68 bits per heavy atom. The van der Waals surface area contributed by atoms with Gasteiger partial charge in [0.1, 0.15) is 0 Å². The van der Waals surface area contributed by atoms with Crippen molar-refractivity contribution in [3.63, 3.8) is 0 Å². The first-order chi connectivity index (χ1) is 13.5. The number of benzene rings is 2. The summed E-state index contributed by atoms with van der Waals surface area (Å²) in [6, 6.07) is 13.8. The van der Waals surface area contributed by atoms with Gasteiger partial charge in [0, 0.05) is 28.5 Å². The minimum atomic E-state index is -2.65. The molecule has 0 bridgehead atoms. The Balaban J connectivity index is 1.47. The summed E-state index contributed by atoms with van der Waals surface area (Å²) in [5.74, 6) is -3.91. The molecule has 2 N–H and O–H groups in total. The van der Waals surface area contributed by atoms with Crippen LogP contribution < -0.4 is 5.32 Å². The molecule has 0 spiro atoms. The van der Waals surface area contributed by atoms with Crippen molar-refractivity contribution in [3.8, 4) is 0 Å². The molecule has 0 aliphatic heterocycles. The van der Waals surface area contributed by atoms with Gasteiger partial charge in [0.05, 0.1) is 5.56 Å². The lowest BCUT2D eigenvalue weighted by Crippen LogP contribution is -2.30. The van der Waals surface area contributed by atoms with E-state index in [0.717, 1.165) is 16.5 Å². The van der Waals surface area contributed by atoms with E-state index in [1.165, 1.54) is 12.1 Å². The first-order valence-electron chi connectivity index (χ1n) is 8.57. The quantitative estimate of drug-likeness (QED) is 0.440. The maximum Gasteiger partial charge on any atom is 0.339 e. The number of ether oxygens (including phenoxy) is 1. The molecule has 0 atom stereocenters. The summed E-state index contributed by atoms with van der Waals surface area (Å²) >= 11 is 0.263. The number of amides is 1. The van der Waals surface area contributed by atoms with Crippen molar-refractivity contribution >= 4 is 34.5 Å². The van der Waals surface area contributed by atoms with Crippen LogP contribution >= 0.6 is 11.8 Å². The SMILES string of the molecule is O=C(COC(=O)c1ccccc1SC(F)F)NCCc1c[nH]c2ccccc12. The monoisotopic (exact) mass is 404 g/mol. The van der Waals surface area contributed by atoms with E-state index in [-0.39, 0.29) is 22.2 Å². The second-order valence-corrected chi connectivity index (χ2v) is 6.94. The van der Waals surface area contributed by atoms with Crippen LogP contribution in [0.4, 0.5) is 8.78 Å². The van der Waals surface area contributed by atoms with Crippen LogP contribution in [0.2, 0.25) is 0 Å². The fourth-order valence-electron chi connectivity index (χ4n) is 2.77. The van der Waals surface area contributed by atoms with Gasteiger partial charge in [-0.2, -0.15) is 8.78 Å². The van der Waals surface area contributed by atoms with E-state index in [1.54, 1.807) is 12.1 Å². The highest BCUT2D eigenvalue weighted by atomic mass is 32.2. The average Bonchev–Trinajstić information content (AvgIpc) is 3.09. The fourth-order valence-corrected chi connectivity index (χ4v) is 3.40. The van der Waals surface area contributed by atoms with E-state index in [9.17, 15) is 18.4 Å². The molecule has 3 aromatic rings. The van der Waals surface area contributed by atoms with Crippen molar-refractivity contribution in [1.82, 2.24) is 10.3 Å². The van der Waals surface area contributed by atoms with Gasteiger partial charge in [0.2, 0.25) is 0 Å². The summed E-state index contributed by atoms with van der Waals surface area (Å²) in [6.45, 7) is -0.0869. The zero-order chi connectivity index (χ0) is 19.9. The van der Waals surface area contributed by atoms with Crippen molar-refractivity contribution in [2.75, 3.05) is 13.2 Å². The molecular formula is C20H18F2N2O3S. The van der Waals surface area contributed by atoms with Crippen LogP contribution in [0.5, 0.6) is 0 Å². The summed E-state index contributed by atoms with van der Waals surface area (Å²) in [6.07, 6.45) is 2.52. The van der Waals surface area contributed by atoms with Gasteiger partial charge in [-0.15, -0.1) is 0 Å². The first kappa shape index (κ1) is 19.9. The lowest BCUT2D eigenvalue weighted by molar-refractivity contribution is -0.124. The van der Waals surface area contributed by atoms with Gasteiger partial charge in [0.25, 0.3) is 11.7 Å². The number of hydrogen-bond donors (Lipinski definition) is 2. The van der Waals surface area contributed by atoms with E-state index in [2.05, 4.69) is 10.3 Å². The van der Waals surface area contributed by atoms with Crippen molar-refractivity contribution in [1.29, 1.82) is 0 Å². The van der Waals surface area contributed by atoms with E-state index >= 15 is 0 Å². The summed E-state index contributed by atoms with van der Waals surface area (Å²) < 4.78 is 30.1.